The van der Waals surface area contributed by atoms with Crippen LogP contribution in [0.4, 0.5) is 0 Å². The summed E-state index contributed by atoms with van der Waals surface area (Å²) < 4.78 is 11.5. The Morgan fingerprint density at radius 1 is 1.08 bits per heavy atom. The van der Waals surface area contributed by atoms with Gasteiger partial charge in [0.25, 0.3) is 0 Å². The third-order valence-electron chi connectivity index (χ3n) is 7.42. The molecule has 2 aromatic heterocycles. The summed E-state index contributed by atoms with van der Waals surface area (Å²) in [6, 6.07) is 7.61. The molecule has 8 heteroatoms. The number of ketones is 1. The lowest BCUT2D eigenvalue weighted by molar-refractivity contribution is -0.137. The van der Waals surface area contributed by atoms with Gasteiger partial charge in [-0.1, -0.05) is 46.9 Å². The Morgan fingerprint density at radius 3 is 2.56 bits per heavy atom. The number of carbonyl (C=O) groups excluding carboxylic acids is 1. The topological polar surface area (TPSA) is 106 Å². The lowest BCUT2D eigenvalue weighted by Crippen LogP contribution is -2.13. The van der Waals surface area contributed by atoms with Gasteiger partial charge in [-0.25, -0.2) is 0 Å². The molecule has 0 amide bonds. The maximum Gasteiger partial charge on any atom is 0.303 e. The number of aryl methyl sites for hydroxylation is 1. The summed E-state index contributed by atoms with van der Waals surface area (Å²) in [7, 11) is 0. The minimum atomic E-state index is -0.900. The first-order valence-corrected chi connectivity index (χ1v) is 13.2. The number of hydrogen-bond acceptors (Lipinski definition) is 6. The first-order valence-electron chi connectivity index (χ1n) is 12.8. The number of halogens is 1. The number of carboxylic acid groups (broad SMARTS) is 1. The SMILES string of the molecule is Cc1ccc(CC(=O)C[C@@H](CCC(=O)O)c2noc(-c3cc(C4CCCC4)on3)c2C2CC2)c(Cl)c1. The van der Waals surface area contributed by atoms with Crippen molar-refractivity contribution in [3.05, 3.63) is 57.4 Å². The van der Waals surface area contributed by atoms with Crippen molar-refractivity contribution < 1.29 is 23.7 Å². The molecule has 1 aromatic carbocycles. The fourth-order valence-corrected chi connectivity index (χ4v) is 5.64. The number of hydrogen-bond donors (Lipinski definition) is 1. The molecule has 0 radical (unpaired) electrons. The van der Waals surface area contributed by atoms with Gasteiger partial charge >= 0.3 is 5.97 Å². The van der Waals surface area contributed by atoms with Crippen molar-refractivity contribution in [1.29, 1.82) is 0 Å². The van der Waals surface area contributed by atoms with Gasteiger partial charge in [-0.15, -0.1) is 0 Å². The third kappa shape index (κ3) is 5.56. The van der Waals surface area contributed by atoms with Crippen LogP contribution in [-0.2, 0) is 16.0 Å². The molecule has 2 aliphatic rings. The summed E-state index contributed by atoms with van der Waals surface area (Å²) in [5.74, 6) is 0.891. The minimum Gasteiger partial charge on any atom is -0.481 e. The molecule has 0 spiro atoms. The average Bonchev–Trinajstić information content (AvgIpc) is 3.22. The summed E-state index contributed by atoms with van der Waals surface area (Å²) in [6.45, 7) is 1.95. The Kier molecular flexibility index (Phi) is 7.28. The molecular formula is C28H31ClN2O5. The lowest BCUT2D eigenvalue weighted by atomic mass is 9.87. The fraction of sp³-hybridized carbons (Fsp3) is 0.500. The number of Topliss-reactive ketones (excluding diaryl/α,β-unsaturated/α-hetero) is 1. The average molecular weight is 511 g/mol. The molecule has 0 unspecified atom stereocenters. The van der Waals surface area contributed by atoms with Crippen LogP contribution in [0.5, 0.6) is 0 Å². The minimum absolute atomic E-state index is 0.00704. The van der Waals surface area contributed by atoms with E-state index in [1.165, 1.54) is 12.8 Å². The van der Waals surface area contributed by atoms with Crippen molar-refractivity contribution in [1.82, 2.24) is 10.3 Å². The summed E-state index contributed by atoms with van der Waals surface area (Å²) in [4.78, 5) is 24.5. The van der Waals surface area contributed by atoms with Crippen molar-refractivity contribution in [3.63, 3.8) is 0 Å². The summed E-state index contributed by atoms with van der Waals surface area (Å²) in [5, 5.41) is 18.6. The van der Waals surface area contributed by atoms with Gasteiger partial charge in [0.05, 0.1) is 5.69 Å². The predicted octanol–water partition coefficient (Wildman–Crippen LogP) is 6.98. The van der Waals surface area contributed by atoms with E-state index in [0.717, 1.165) is 48.1 Å². The van der Waals surface area contributed by atoms with E-state index in [4.69, 9.17) is 20.6 Å². The number of rotatable bonds is 11. The van der Waals surface area contributed by atoms with Crippen LogP contribution in [0.2, 0.25) is 5.02 Å². The maximum atomic E-state index is 13.1. The Hall–Kier alpha value is -2.93. The standard InChI is InChI=1S/C28H31ClN2O5/c1-16-6-7-19(22(29)12-16)13-21(32)14-20(10-11-25(33)34)27-26(18-8-9-18)28(36-31-27)23-15-24(35-30-23)17-4-2-3-5-17/h6-7,12,15,17-18,20H,2-5,8-11,13-14H2,1H3,(H,33,34)/t20-/m1/s1. The highest BCUT2D eigenvalue weighted by Crippen LogP contribution is 2.49. The maximum absolute atomic E-state index is 13.1. The van der Waals surface area contributed by atoms with E-state index < -0.39 is 5.97 Å². The van der Waals surface area contributed by atoms with Gasteiger partial charge in [-0.3, -0.25) is 9.59 Å². The zero-order chi connectivity index (χ0) is 25.2. The lowest BCUT2D eigenvalue weighted by Gasteiger charge is -2.15. The number of aliphatic carboxylic acids is 1. The Morgan fingerprint density at radius 2 is 1.86 bits per heavy atom. The molecule has 1 N–H and O–H groups in total. The van der Waals surface area contributed by atoms with Gasteiger partial charge in [0, 0.05) is 47.8 Å². The molecule has 0 bridgehead atoms. The van der Waals surface area contributed by atoms with E-state index in [-0.39, 0.29) is 36.9 Å². The molecule has 190 valence electrons. The molecule has 7 nitrogen and oxygen atoms in total. The number of aromatic nitrogens is 2. The third-order valence-corrected chi connectivity index (χ3v) is 7.78. The predicted molar refractivity (Wildman–Crippen MR) is 134 cm³/mol. The van der Waals surface area contributed by atoms with Crippen LogP contribution >= 0.6 is 11.6 Å². The van der Waals surface area contributed by atoms with Crippen LogP contribution in [0.1, 0.15) is 104 Å². The van der Waals surface area contributed by atoms with E-state index in [2.05, 4.69) is 10.3 Å². The summed E-state index contributed by atoms with van der Waals surface area (Å²) in [6.07, 6.45) is 7.26. The summed E-state index contributed by atoms with van der Waals surface area (Å²) >= 11 is 6.35. The van der Waals surface area contributed by atoms with E-state index in [1.807, 2.05) is 31.2 Å². The second kappa shape index (κ2) is 10.6. The second-order valence-electron chi connectivity index (χ2n) is 10.3. The Balaban J connectivity index is 1.41. The largest absolute Gasteiger partial charge is 0.481 e. The van der Waals surface area contributed by atoms with Crippen LogP contribution < -0.4 is 0 Å². The molecule has 2 heterocycles. The van der Waals surface area contributed by atoms with Crippen molar-refractivity contribution in [2.24, 2.45) is 0 Å². The van der Waals surface area contributed by atoms with E-state index in [1.54, 1.807) is 0 Å². The highest BCUT2D eigenvalue weighted by molar-refractivity contribution is 6.31. The molecule has 1 atom stereocenters. The van der Waals surface area contributed by atoms with Gasteiger partial charge in [0.2, 0.25) is 0 Å². The zero-order valence-electron chi connectivity index (χ0n) is 20.5. The molecule has 0 saturated heterocycles. The second-order valence-corrected chi connectivity index (χ2v) is 10.7. The number of nitrogens with zero attached hydrogens (tertiary/aromatic N) is 2. The van der Waals surface area contributed by atoms with Crippen LogP contribution in [-0.4, -0.2) is 27.2 Å². The van der Waals surface area contributed by atoms with Crippen LogP contribution in [0.25, 0.3) is 11.5 Å². The van der Waals surface area contributed by atoms with Gasteiger partial charge in [0.15, 0.2) is 11.5 Å². The highest BCUT2D eigenvalue weighted by Gasteiger charge is 2.37. The molecule has 5 rings (SSSR count). The number of carboxylic acids is 1. The summed E-state index contributed by atoms with van der Waals surface area (Å²) in [5.41, 5.74) is 4.07. The normalized spacial score (nSPS) is 16.9. The quantitative estimate of drug-likeness (QED) is 0.296. The van der Waals surface area contributed by atoms with Crippen molar-refractivity contribution in [2.75, 3.05) is 0 Å². The van der Waals surface area contributed by atoms with Crippen molar-refractivity contribution >= 4 is 23.4 Å². The molecule has 36 heavy (non-hydrogen) atoms. The van der Waals surface area contributed by atoms with Gasteiger partial charge in [-0.05, 0) is 62.1 Å². The van der Waals surface area contributed by atoms with E-state index in [9.17, 15) is 14.7 Å². The van der Waals surface area contributed by atoms with Gasteiger partial charge in [-0.2, -0.15) is 0 Å². The number of carbonyl (C=O) groups is 2. The molecular weight excluding hydrogens is 480 g/mol. The monoisotopic (exact) mass is 510 g/mol. The van der Waals surface area contributed by atoms with E-state index in [0.29, 0.717) is 34.5 Å². The smallest absolute Gasteiger partial charge is 0.303 e. The molecule has 2 fully saturated rings. The number of benzene rings is 1. The van der Waals surface area contributed by atoms with Crippen LogP contribution in [0, 0.1) is 6.92 Å². The molecule has 3 aromatic rings. The van der Waals surface area contributed by atoms with Crippen molar-refractivity contribution in [3.8, 4) is 11.5 Å². The zero-order valence-corrected chi connectivity index (χ0v) is 21.2. The first-order chi connectivity index (χ1) is 17.4. The molecule has 2 aliphatic carbocycles. The van der Waals surface area contributed by atoms with Crippen LogP contribution in [0.3, 0.4) is 0 Å². The first kappa shape index (κ1) is 24.8. The van der Waals surface area contributed by atoms with Gasteiger partial charge in [0.1, 0.15) is 11.5 Å². The Bertz CT molecular complexity index is 1250. The van der Waals surface area contributed by atoms with Gasteiger partial charge < -0.3 is 14.2 Å². The Labute approximate surface area is 215 Å². The van der Waals surface area contributed by atoms with E-state index >= 15 is 0 Å². The molecule has 2 saturated carbocycles. The van der Waals surface area contributed by atoms with Crippen molar-refractivity contribution in [2.45, 2.75) is 88.9 Å². The molecule has 0 aliphatic heterocycles. The fourth-order valence-electron chi connectivity index (χ4n) is 5.34. The van der Waals surface area contributed by atoms with Crippen LogP contribution in [0.15, 0.2) is 33.3 Å². The highest BCUT2D eigenvalue weighted by atomic mass is 35.5.